The Morgan fingerprint density at radius 3 is 2.44 bits per heavy atom. The van der Waals surface area contributed by atoms with Crippen LogP contribution in [-0.2, 0) is 30.4 Å². The number of rotatable bonds is 5. The lowest BCUT2D eigenvalue weighted by molar-refractivity contribution is -0.126. The molecule has 10 nitrogen and oxygen atoms in total. The molecule has 1 heterocycles. The van der Waals surface area contributed by atoms with E-state index in [-0.39, 0.29) is 39.5 Å². The zero-order chi connectivity index (χ0) is 26.7. The maximum atomic E-state index is 13.8. The number of hydrogen-bond acceptors (Lipinski definition) is 8. The SMILES string of the molecule is CC(C)(C)CC[C@@]1(N)C(=O)C(C2=NS(=O)(=O)c3cc(NS(C)(=O)=O)ccc3N2)C(=O)c2ccccc21. The zero-order valence-corrected chi connectivity index (χ0v) is 22.0. The van der Waals surface area contributed by atoms with Crippen molar-refractivity contribution < 1.29 is 26.4 Å². The lowest BCUT2D eigenvalue weighted by Crippen LogP contribution is -2.57. The molecule has 1 aliphatic heterocycles. The molecule has 36 heavy (non-hydrogen) atoms. The van der Waals surface area contributed by atoms with Gasteiger partial charge in [0.25, 0.3) is 10.0 Å². The Labute approximate surface area is 210 Å². The minimum Gasteiger partial charge on any atom is -0.341 e. The van der Waals surface area contributed by atoms with Crippen LogP contribution in [0.15, 0.2) is 51.8 Å². The lowest BCUT2D eigenvalue weighted by atomic mass is 9.66. The Bertz CT molecular complexity index is 1520. The fourth-order valence-electron chi connectivity index (χ4n) is 4.41. The molecule has 0 saturated carbocycles. The summed E-state index contributed by atoms with van der Waals surface area (Å²) in [6, 6.07) is 10.4. The molecule has 4 rings (SSSR count). The van der Waals surface area contributed by atoms with Crippen molar-refractivity contribution in [2.75, 3.05) is 16.3 Å². The average Bonchev–Trinajstić information content (AvgIpc) is 2.75. The molecule has 0 bridgehead atoms. The number of Topliss-reactive ketones (excluding diaryl/α,β-unsaturated/α-hetero) is 2. The molecule has 1 unspecified atom stereocenters. The topological polar surface area (TPSA) is 165 Å². The largest absolute Gasteiger partial charge is 0.341 e. The summed E-state index contributed by atoms with van der Waals surface area (Å²) in [7, 11) is -8.02. The minimum absolute atomic E-state index is 0.0298. The summed E-state index contributed by atoms with van der Waals surface area (Å²) in [5.74, 6) is -3.09. The van der Waals surface area contributed by atoms with E-state index in [9.17, 15) is 26.4 Å². The highest BCUT2D eigenvalue weighted by molar-refractivity contribution is 7.92. The summed E-state index contributed by atoms with van der Waals surface area (Å²) >= 11 is 0. The van der Waals surface area contributed by atoms with E-state index in [4.69, 9.17) is 5.73 Å². The van der Waals surface area contributed by atoms with Crippen LogP contribution in [0.3, 0.4) is 0 Å². The highest BCUT2D eigenvalue weighted by Gasteiger charge is 2.52. The van der Waals surface area contributed by atoms with Gasteiger partial charge in [0.05, 0.1) is 11.9 Å². The van der Waals surface area contributed by atoms with Crippen molar-refractivity contribution in [1.82, 2.24) is 0 Å². The molecule has 0 saturated heterocycles. The molecule has 0 radical (unpaired) electrons. The van der Waals surface area contributed by atoms with Crippen LogP contribution in [0.4, 0.5) is 11.4 Å². The smallest absolute Gasteiger partial charge is 0.286 e. The van der Waals surface area contributed by atoms with E-state index in [1.165, 1.54) is 12.1 Å². The Morgan fingerprint density at radius 2 is 1.81 bits per heavy atom. The molecule has 4 N–H and O–H groups in total. The van der Waals surface area contributed by atoms with Gasteiger partial charge in [0.15, 0.2) is 11.6 Å². The van der Waals surface area contributed by atoms with Gasteiger partial charge in [-0.1, -0.05) is 45.0 Å². The predicted molar refractivity (Wildman–Crippen MR) is 137 cm³/mol. The molecule has 0 amide bonds. The molecule has 2 aliphatic rings. The fourth-order valence-corrected chi connectivity index (χ4v) is 6.15. The molecular formula is C24H28N4O6S2. The molecule has 0 fully saturated rings. The summed E-state index contributed by atoms with van der Waals surface area (Å²) in [5, 5.41) is 2.81. The van der Waals surface area contributed by atoms with Crippen molar-refractivity contribution in [3.63, 3.8) is 0 Å². The Kier molecular flexibility index (Phi) is 6.13. The number of hydrogen-bond donors (Lipinski definition) is 3. The standard InChI is InChI=1S/C24H28N4O6S2/c1-23(2,3)11-12-24(25)16-8-6-5-7-15(16)20(29)19(21(24)30)22-26-17-10-9-14(27-35(4,31)32)13-18(17)36(33,34)28-22/h5-10,13,19,27H,11-12,25H2,1-4H3,(H,26,28)/t19?,24-/m0/s1. The van der Waals surface area contributed by atoms with Crippen LogP contribution in [0.25, 0.3) is 0 Å². The van der Waals surface area contributed by atoms with Gasteiger partial charge in [0.2, 0.25) is 10.0 Å². The van der Waals surface area contributed by atoms with Gasteiger partial charge >= 0.3 is 0 Å². The molecule has 2 atom stereocenters. The number of anilines is 2. The molecule has 192 valence electrons. The van der Waals surface area contributed by atoms with Crippen molar-refractivity contribution in [2.45, 2.75) is 44.0 Å². The first kappa shape index (κ1) is 26.0. The summed E-state index contributed by atoms with van der Waals surface area (Å²) in [5.41, 5.74) is 5.83. The molecule has 2 aromatic rings. The maximum Gasteiger partial charge on any atom is 0.286 e. The first-order valence-corrected chi connectivity index (χ1v) is 14.6. The molecule has 1 aliphatic carbocycles. The van der Waals surface area contributed by atoms with Gasteiger partial charge in [-0.05, 0) is 42.0 Å². The van der Waals surface area contributed by atoms with Gasteiger partial charge in [-0.2, -0.15) is 8.42 Å². The number of sulfonamides is 2. The lowest BCUT2D eigenvalue weighted by Gasteiger charge is -2.39. The third kappa shape index (κ3) is 4.80. The summed E-state index contributed by atoms with van der Waals surface area (Å²) < 4.78 is 55.2. The van der Waals surface area contributed by atoms with Crippen molar-refractivity contribution in [3.05, 3.63) is 53.6 Å². The Morgan fingerprint density at radius 1 is 1.14 bits per heavy atom. The maximum absolute atomic E-state index is 13.8. The number of nitrogens with one attached hydrogen (secondary N) is 2. The van der Waals surface area contributed by atoms with Crippen molar-refractivity contribution in [2.24, 2.45) is 21.5 Å². The van der Waals surface area contributed by atoms with Gasteiger partial charge in [-0.3, -0.25) is 14.3 Å². The highest BCUT2D eigenvalue weighted by atomic mass is 32.2. The van der Waals surface area contributed by atoms with Crippen molar-refractivity contribution in [3.8, 4) is 0 Å². The second kappa shape index (κ2) is 8.49. The normalized spacial score (nSPS) is 23.2. The van der Waals surface area contributed by atoms with Gasteiger partial charge in [-0.15, -0.1) is 4.40 Å². The van der Waals surface area contributed by atoms with Crippen LogP contribution >= 0.6 is 0 Å². The van der Waals surface area contributed by atoms with Crippen molar-refractivity contribution >= 4 is 48.8 Å². The second-order valence-electron chi connectivity index (χ2n) is 10.4. The number of amidine groups is 1. The number of fused-ring (bicyclic) bond motifs is 2. The number of carbonyl (C=O) groups excluding carboxylic acids is 2. The Hall–Kier alpha value is -3.09. The van der Waals surface area contributed by atoms with Crippen LogP contribution in [0.5, 0.6) is 0 Å². The Balaban J connectivity index is 1.79. The summed E-state index contributed by atoms with van der Waals surface area (Å²) in [6.45, 7) is 6.05. The van der Waals surface area contributed by atoms with Gasteiger partial charge in [-0.25, -0.2) is 8.42 Å². The van der Waals surface area contributed by atoms with Gasteiger partial charge in [0, 0.05) is 11.3 Å². The van der Waals surface area contributed by atoms with E-state index in [0.717, 1.165) is 12.3 Å². The number of benzene rings is 2. The van der Waals surface area contributed by atoms with E-state index in [0.29, 0.717) is 12.0 Å². The highest BCUT2D eigenvalue weighted by Crippen LogP contribution is 2.41. The summed E-state index contributed by atoms with van der Waals surface area (Å²) in [6.07, 6.45) is 1.78. The first-order valence-electron chi connectivity index (χ1n) is 11.2. The molecule has 2 aromatic carbocycles. The third-order valence-corrected chi connectivity index (χ3v) is 8.16. The number of ketones is 2. The van der Waals surface area contributed by atoms with Crippen molar-refractivity contribution in [1.29, 1.82) is 0 Å². The number of nitrogens with zero attached hydrogens (tertiary/aromatic N) is 1. The molecule has 0 spiro atoms. The third-order valence-electron chi connectivity index (χ3n) is 6.22. The minimum atomic E-state index is -4.37. The number of carbonyl (C=O) groups is 2. The average molecular weight is 533 g/mol. The van der Waals surface area contributed by atoms with E-state index in [1.54, 1.807) is 24.3 Å². The van der Waals surface area contributed by atoms with E-state index in [2.05, 4.69) is 14.4 Å². The van der Waals surface area contributed by atoms with Crippen LogP contribution in [0.2, 0.25) is 0 Å². The molecule has 12 heteroatoms. The monoisotopic (exact) mass is 532 g/mol. The van der Waals surface area contributed by atoms with E-state index in [1.807, 2.05) is 20.8 Å². The van der Waals surface area contributed by atoms with Crippen LogP contribution in [0, 0.1) is 11.3 Å². The molecule has 0 aromatic heterocycles. The van der Waals surface area contributed by atoms with E-state index >= 15 is 0 Å². The first-order chi connectivity index (χ1) is 16.5. The van der Waals surface area contributed by atoms with E-state index < -0.39 is 43.1 Å². The fraction of sp³-hybridized carbons (Fsp3) is 0.375. The van der Waals surface area contributed by atoms with Gasteiger partial charge in [0.1, 0.15) is 22.2 Å². The summed E-state index contributed by atoms with van der Waals surface area (Å²) in [4.78, 5) is 27.0. The quantitative estimate of drug-likeness (QED) is 0.494. The number of nitrogens with two attached hydrogens (primary N) is 1. The molecular weight excluding hydrogens is 504 g/mol. The zero-order valence-electron chi connectivity index (χ0n) is 20.3. The second-order valence-corrected chi connectivity index (χ2v) is 13.7. The van der Waals surface area contributed by atoms with Crippen LogP contribution < -0.4 is 15.8 Å². The van der Waals surface area contributed by atoms with Crippen LogP contribution in [-0.4, -0.2) is 40.5 Å². The van der Waals surface area contributed by atoms with Crippen LogP contribution in [0.1, 0.15) is 49.5 Å². The predicted octanol–water partition coefficient (Wildman–Crippen LogP) is 2.63. The van der Waals surface area contributed by atoms with Gasteiger partial charge < -0.3 is 11.1 Å².